The summed E-state index contributed by atoms with van der Waals surface area (Å²) in [5, 5.41) is 5.14. The van der Waals surface area contributed by atoms with E-state index in [1.54, 1.807) is 48.4 Å². The highest BCUT2D eigenvalue weighted by Crippen LogP contribution is 2.37. The molecule has 0 radical (unpaired) electrons. The van der Waals surface area contributed by atoms with Gasteiger partial charge in [-0.2, -0.15) is 10.8 Å². The SMILES string of the molecule is CN(C)C/C=C/C(=O)N1CCCC1C1=C2C=NC=C[N+]2(N)C(c2ccc(C(=O)Nc3nccs3)cc2)=N1. The van der Waals surface area contributed by atoms with Crippen molar-refractivity contribution < 1.29 is 14.2 Å². The van der Waals surface area contributed by atoms with E-state index in [9.17, 15) is 9.59 Å². The Kier molecular flexibility index (Phi) is 6.94. The summed E-state index contributed by atoms with van der Waals surface area (Å²) >= 11 is 1.36. The van der Waals surface area contributed by atoms with Crippen LogP contribution < -0.4 is 11.2 Å². The number of allylic oxidation sites excluding steroid dienone is 1. The van der Waals surface area contributed by atoms with Crippen LogP contribution in [0.2, 0.25) is 0 Å². The number of rotatable bonds is 7. The lowest BCUT2D eigenvalue weighted by Gasteiger charge is -2.27. The lowest BCUT2D eigenvalue weighted by molar-refractivity contribution is -0.750. The van der Waals surface area contributed by atoms with Crippen molar-refractivity contribution in [2.75, 3.05) is 32.5 Å². The zero-order valence-electron chi connectivity index (χ0n) is 20.7. The summed E-state index contributed by atoms with van der Waals surface area (Å²) in [6.07, 6.45) is 12.0. The molecule has 2 aromatic rings. The Morgan fingerprint density at radius 2 is 2.11 bits per heavy atom. The van der Waals surface area contributed by atoms with E-state index in [4.69, 9.17) is 10.8 Å². The largest absolute Gasteiger partial charge is 0.330 e. The zero-order valence-corrected chi connectivity index (χ0v) is 21.6. The fraction of sp³-hybridized carbons (Fsp3) is 0.269. The normalized spacial score (nSPS) is 22.8. The molecule has 5 rings (SSSR count). The number of fused-ring (bicyclic) bond motifs is 1. The summed E-state index contributed by atoms with van der Waals surface area (Å²) in [6.45, 7) is 1.36. The Labute approximate surface area is 219 Å². The van der Waals surface area contributed by atoms with Crippen LogP contribution in [0.4, 0.5) is 5.13 Å². The summed E-state index contributed by atoms with van der Waals surface area (Å²) < 4.78 is -0.140. The van der Waals surface area contributed by atoms with Crippen LogP contribution in [0.15, 0.2) is 81.8 Å². The van der Waals surface area contributed by atoms with Gasteiger partial charge in [-0.15, -0.1) is 15.9 Å². The second-order valence-electron chi connectivity index (χ2n) is 9.28. The lowest BCUT2D eigenvalue weighted by Crippen LogP contribution is -2.53. The number of aliphatic imine (C=N–C) groups is 2. The third-order valence-corrected chi connectivity index (χ3v) is 7.15. The van der Waals surface area contributed by atoms with Gasteiger partial charge in [0.1, 0.15) is 11.9 Å². The topological polar surface area (TPSA) is 116 Å². The number of hydrogen-bond donors (Lipinski definition) is 2. The number of anilines is 1. The number of nitrogens with one attached hydrogen (secondary N) is 1. The second-order valence-corrected chi connectivity index (χ2v) is 10.2. The highest BCUT2D eigenvalue weighted by Gasteiger charge is 2.48. The predicted octanol–water partition coefficient (Wildman–Crippen LogP) is 2.72. The molecule has 11 heteroatoms. The molecule has 10 nitrogen and oxygen atoms in total. The van der Waals surface area contributed by atoms with E-state index in [1.165, 1.54) is 11.3 Å². The third-order valence-electron chi connectivity index (χ3n) is 6.46. The van der Waals surface area contributed by atoms with E-state index >= 15 is 0 Å². The summed E-state index contributed by atoms with van der Waals surface area (Å²) in [6, 6.07) is 6.97. The lowest BCUT2D eigenvalue weighted by atomic mass is 10.1. The molecule has 1 fully saturated rings. The molecule has 2 unspecified atom stereocenters. The maximum Gasteiger partial charge on any atom is 0.264 e. The van der Waals surface area contributed by atoms with Gasteiger partial charge in [0.05, 0.1) is 24.0 Å². The van der Waals surface area contributed by atoms with Crippen molar-refractivity contribution in [3.63, 3.8) is 0 Å². The van der Waals surface area contributed by atoms with Crippen LogP contribution in [-0.2, 0) is 4.79 Å². The molecule has 1 aromatic heterocycles. The molecular weight excluding hydrogens is 488 g/mol. The van der Waals surface area contributed by atoms with E-state index in [0.29, 0.717) is 29.6 Å². The number of aromatic nitrogens is 1. The summed E-state index contributed by atoms with van der Waals surface area (Å²) in [4.78, 5) is 42.9. The molecular formula is C26H29N8O2S+. The summed E-state index contributed by atoms with van der Waals surface area (Å²) in [7, 11) is 3.92. The molecule has 0 saturated carbocycles. The van der Waals surface area contributed by atoms with Crippen LogP contribution in [0.1, 0.15) is 28.8 Å². The maximum atomic E-state index is 13.0. The van der Waals surface area contributed by atoms with Crippen molar-refractivity contribution in [2.45, 2.75) is 18.9 Å². The first kappa shape index (κ1) is 24.9. The van der Waals surface area contributed by atoms with Gasteiger partial charge in [-0.25, -0.2) is 4.98 Å². The van der Waals surface area contributed by atoms with Crippen molar-refractivity contribution in [1.82, 2.24) is 14.8 Å². The van der Waals surface area contributed by atoms with Gasteiger partial charge in [-0.1, -0.05) is 6.08 Å². The van der Waals surface area contributed by atoms with E-state index in [0.717, 1.165) is 29.8 Å². The predicted molar refractivity (Wildman–Crippen MR) is 145 cm³/mol. The number of carbonyl (C=O) groups excluding carboxylic acids is 2. The maximum absolute atomic E-state index is 13.0. The standard InChI is InChI=1S/C26H28N8O2S/c1-32(2)13-4-6-22(35)33-14-3-5-20(33)23-21-17-28-11-15-34(21,27)24(30-23)18-7-9-19(10-8-18)25(36)31-26-29-12-16-37-26/h4,6-12,15-17,20H,3,5,13-14,27H2,1-2H3/p+1/b6-4+. The van der Waals surface area contributed by atoms with Gasteiger partial charge in [-0.3, -0.25) is 19.9 Å². The number of benzene rings is 1. The fourth-order valence-electron chi connectivity index (χ4n) is 4.65. The van der Waals surface area contributed by atoms with Crippen molar-refractivity contribution >= 4 is 40.3 Å². The Balaban J connectivity index is 1.42. The molecule has 3 N–H and O–H groups in total. The molecule has 4 heterocycles. The van der Waals surface area contributed by atoms with Crippen molar-refractivity contribution in [3.8, 4) is 0 Å². The molecule has 0 aliphatic carbocycles. The molecule has 190 valence electrons. The second kappa shape index (κ2) is 10.3. The Hall–Kier alpha value is -3.77. The van der Waals surface area contributed by atoms with Crippen LogP contribution in [0.5, 0.6) is 0 Å². The smallest absolute Gasteiger partial charge is 0.264 e. The number of nitrogens with zero attached hydrogens (tertiary/aromatic N) is 6. The highest BCUT2D eigenvalue weighted by molar-refractivity contribution is 7.13. The first-order valence-corrected chi connectivity index (χ1v) is 12.9. The third kappa shape index (κ3) is 4.94. The van der Waals surface area contributed by atoms with Gasteiger partial charge >= 0.3 is 0 Å². The molecule has 37 heavy (non-hydrogen) atoms. The Bertz CT molecular complexity index is 1340. The summed E-state index contributed by atoms with van der Waals surface area (Å²) in [5.41, 5.74) is 2.78. The first-order valence-electron chi connectivity index (χ1n) is 12.0. The molecule has 1 aromatic carbocycles. The fourth-order valence-corrected chi connectivity index (χ4v) is 5.17. The molecule has 2 amide bonds. The Morgan fingerprint density at radius 1 is 1.30 bits per heavy atom. The molecule has 3 aliphatic heterocycles. The number of amides is 2. The van der Waals surface area contributed by atoms with E-state index in [1.807, 2.05) is 42.1 Å². The number of likely N-dealkylation sites (tertiary alicyclic amines) is 1. The van der Waals surface area contributed by atoms with Gasteiger partial charge in [0.15, 0.2) is 5.13 Å². The van der Waals surface area contributed by atoms with E-state index < -0.39 is 0 Å². The number of hydrogen-bond acceptors (Lipinski definition) is 8. The van der Waals surface area contributed by atoms with Crippen molar-refractivity contribution in [2.24, 2.45) is 15.8 Å². The van der Waals surface area contributed by atoms with Gasteiger partial charge in [0.2, 0.25) is 11.6 Å². The minimum atomic E-state index is -0.238. The monoisotopic (exact) mass is 517 g/mol. The zero-order chi connectivity index (χ0) is 26.0. The number of thiazole rings is 1. The van der Waals surface area contributed by atoms with E-state index in [2.05, 4.69) is 15.3 Å². The first-order chi connectivity index (χ1) is 17.9. The molecule has 1 saturated heterocycles. The number of quaternary nitrogens is 1. The van der Waals surface area contributed by atoms with E-state index in [-0.39, 0.29) is 22.4 Å². The quantitative estimate of drug-likeness (QED) is 0.333. The highest BCUT2D eigenvalue weighted by atomic mass is 32.1. The van der Waals surface area contributed by atoms with Crippen LogP contribution in [-0.4, -0.2) is 76.5 Å². The van der Waals surface area contributed by atoms with Gasteiger partial charge < -0.3 is 9.80 Å². The minimum absolute atomic E-state index is 0.0323. The molecule has 0 spiro atoms. The molecule has 3 aliphatic rings. The average Bonchev–Trinajstić information content (AvgIpc) is 3.62. The van der Waals surface area contributed by atoms with Crippen molar-refractivity contribution in [1.29, 1.82) is 0 Å². The number of nitrogens with two attached hydrogens (primary N) is 1. The van der Waals surface area contributed by atoms with Gasteiger partial charge in [0, 0.05) is 36.3 Å². The van der Waals surface area contributed by atoms with Crippen LogP contribution in [0.25, 0.3) is 0 Å². The van der Waals surface area contributed by atoms with Crippen LogP contribution in [0.3, 0.4) is 0 Å². The molecule has 2 atom stereocenters. The number of likely N-dealkylation sites (N-methyl/N-ethyl adjacent to an activating group) is 1. The summed E-state index contributed by atoms with van der Waals surface area (Å²) in [5.74, 6) is 7.23. The van der Waals surface area contributed by atoms with Gasteiger partial charge in [0.25, 0.3) is 11.7 Å². The molecule has 0 bridgehead atoms. The number of amidine groups is 1. The Morgan fingerprint density at radius 3 is 2.84 bits per heavy atom. The number of carbonyl (C=O) groups is 2. The van der Waals surface area contributed by atoms with Gasteiger partial charge in [-0.05, 0) is 51.2 Å². The van der Waals surface area contributed by atoms with Crippen molar-refractivity contribution in [3.05, 3.63) is 82.9 Å². The van der Waals surface area contributed by atoms with Crippen LogP contribution >= 0.6 is 11.3 Å². The minimum Gasteiger partial charge on any atom is -0.330 e. The average molecular weight is 518 g/mol. The van der Waals surface area contributed by atoms with Crippen LogP contribution in [0, 0.1) is 0 Å².